The van der Waals surface area contributed by atoms with Crippen LogP contribution in [0.4, 0.5) is 0 Å². The quantitative estimate of drug-likeness (QED) is 0.0222. The molecule has 0 fully saturated rings. The highest BCUT2D eigenvalue weighted by molar-refractivity contribution is 7.47. The van der Waals surface area contributed by atoms with Crippen LogP contribution in [-0.2, 0) is 65.4 Å². The maximum atomic E-state index is 13.1. The monoisotopic (exact) mass is 1400 g/mol. The molecule has 0 spiro atoms. The van der Waals surface area contributed by atoms with Gasteiger partial charge in [-0.2, -0.15) is 0 Å². The zero-order valence-electron chi connectivity index (χ0n) is 62.0. The van der Waals surface area contributed by atoms with Crippen LogP contribution < -0.4 is 0 Å². The van der Waals surface area contributed by atoms with Crippen molar-refractivity contribution in [2.24, 2.45) is 11.8 Å². The lowest BCUT2D eigenvalue weighted by Gasteiger charge is -2.21. The van der Waals surface area contributed by atoms with Crippen LogP contribution in [0.1, 0.15) is 395 Å². The number of carbonyl (C=O) groups excluding carboxylic acids is 4. The summed E-state index contributed by atoms with van der Waals surface area (Å²) in [5.74, 6) is -0.643. The summed E-state index contributed by atoms with van der Waals surface area (Å²) >= 11 is 0. The maximum Gasteiger partial charge on any atom is 0.472 e. The smallest absolute Gasteiger partial charge is 0.462 e. The number of phosphoric ester groups is 2. The van der Waals surface area contributed by atoms with E-state index in [1.54, 1.807) is 0 Å². The van der Waals surface area contributed by atoms with Gasteiger partial charge in [0.2, 0.25) is 0 Å². The molecule has 0 saturated heterocycles. The Balaban J connectivity index is 5.18. The number of esters is 4. The first kappa shape index (κ1) is 93.1. The van der Waals surface area contributed by atoms with Crippen molar-refractivity contribution in [2.45, 2.75) is 413 Å². The molecule has 0 amide bonds. The second-order valence-corrected chi connectivity index (χ2v) is 31.3. The first-order chi connectivity index (χ1) is 45.9. The topological polar surface area (TPSA) is 237 Å². The zero-order valence-corrected chi connectivity index (χ0v) is 63.8. The molecule has 3 N–H and O–H groups in total. The van der Waals surface area contributed by atoms with E-state index in [2.05, 4.69) is 41.5 Å². The van der Waals surface area contributed by atoms with E-state index in [0.29, 0.717) is 31.6 Å². The van der Waals surface area contributed by atoms with E-state index in [0.717, 1.165) is 95.8 Å². The molecule has 0 aromatic rings. The first-order valence-corrected chi connectivity index (χ1v) is 42.5. The van der Waals surface area contributed by atoms with E-state index < -0.39 is 97.5 Å². The van der Waals surface area contributed by atoms with Crippen molar-refractivity contribution in [2.75, 3.05) is 39.6 Å². The molecule has 19 heteroatoms. The second-order valence-electron chi connectivity index (χ2n) is 28.3. The third-order valence-electron chi connectivity index (χ3n) is 17.7. The summed E-state index contributed by atoms with van der Waals surface area (Å²) in [4.78, 5) is 72.7. The van der Waals surface area contributed by atoms with E-state index >= 15 is 0 Å². The molecule has 0 aromatic heterocycles. The number of aliphatic hydroxyl groups is 1. The number of phosphoric acid groups is 2. The van der Waals surface area contributed by atoms with Gasteiger partial charge in [0.1, 0.15) is 19.3 Å². The van der Waals surface area contributed by atoms with Crippen molar-refractivity contribution in [3.63, 3.8) is 0 Å². The highest BCUT2D eigenvalue weighted by Gasteiger charge is 2.30. The third-order valence-corrected chi connectivity index (χ3v) is 19.6. The summed E-state index contributed by atoms with van der Waals surface area (Å²) in [6, 6.07) is 0. The molecule has 5 atom stereocenters. The van der Waals surface area contributed by atoms with Gasteiger partial charge < -0.3 is 33.8 Å². The number of rotatable bonds is 75. The molecular formula is C76H148O17P2. The van der Waals surface area contributed by atoms with Gasteiger partial charge in [-0.25, -0.2) is 9.13 Å². The van der Waals surface area contributed by atoms with Crippen LogP contribution in [0.3, 0.4) is 0 Å². The Morgan fingerprint density at radius 2 is 0.484 bits per heavy atom. The lowest BCUT2D eigenvalue weighted by molar-refractivity contribution is -0.161. The van der Waals surface area contributed by atoms with Crippen molar-refractivity contribution in [3.05, 3.63) is 0 Å². The van der Waals surface area contributed by atoms with Crippen molar-refractivity contribution < 1.29 is 80.2 Å². The van der Waals surface area contributed by atoms with Gasteiger partial charge in [0.05, 0.1) is 26.4 Å². The van der Waals surface area contributed by atoms with E-state index in [1.807, 2.05) is 0 Å². The molecule has 95 heavy (non-hydrogen) atoms. The van der Waals surface area contributed by atoms with Crippen LogP contribution in [0, 0.1) is 11.8 Å². The van der Waals surface area contributed by atoms with Gasteiger partial charge in [-0.1, -0.05) is 343 Å². The highest BCUT2D eigenvalue weighted by atomic mass is 31.2. The number of carbonyl (C=O) groups is 4. The van der Waals surface area contributed by atoms with Gasteiger partial charge in [0.25, 0.3) is 0 Å². The molecule has 17 nitrogen and oxygen atoms in total. The Hall–Kier alpha value is -1.94. The van der Waals surface area contributed by atoms with E-state index in [4.69, 9.17) is 37.0 Å². The fourth-order valence-electron chi connectivity index (χ4n) is 11.7. The highest BCUT2D eigenvalue weighted by Crippen LogP contribution is 2.45. The molecule has 0 rings (SSSR count). The van der Waals surface area contributed by atoms with Gasteiger partial charge in [-0.15, -0.1) is 0 Å². The Bertz CT molecular complexity index is 1840. The van der Waals surface area contributed by atoms with E-state index in [1.165, 1.54) is 212 Å². The number of hydrogen-bond acceptors (Lipinski definition) is 15. The van der Waals surface area contributed by atoms with Crippen molar-refractivity contribution >= 4 is 39.5 Å². The lowest BCUT2D eigenvalue weighted by atomic mass is 10.0. The van der Waals surface area contributed by atoms with Crippen molar-refractivity contribution in [3.8, 4) is 0 Å². The summed E-state index contributed by atoms with van der Waals surface area (Å²) in [6.07, 6.45) is 55.8. The Kier molecular flexibility index (Phi) is 66.5. The van der Waals surface area contributed by atoms with Crippen LogP contribution >= 0.6 is 15.6 Å². The Labute approximate surface area is 581 Å². The molecule has 0 aliphatic carbocycles. The molecule has 0 saturated carbocycles. The van der Waals surface area contributed by atoms with Gasteiger partial charge in [-0.3, -0.25) is 37.3 Å². The van der Waals surface area contributed by atoms with Crippen LogP contribution in [-0.4, -0.2) is 96.7 Å². The normalized spacial score (nSPS) is 14.0. The van der Waals surface area contributed by atoms with Gasteiger partial charge >= 0.3 is 39.5 Å². The molecule has 0 bridgehead atoms. The minimum absolute atomic E-state index is 0.102. The summed E-state index contributed by atoms with van der Waals surface area (Å²) in [5.41, 5.74) is 0. The third kappa shape index (κ3) is 70.3. The summed E-state index contributed by atoms with van der Waals surface area (Å²) in [6.45, 7) is 9.51. The van der Waals surface area contributed by atoms with E-state index in [9.17, 15) is 43.2 Å². The second kappa shape index (κ2) is 67.9. The molecular weight excluding hydrogens is 1250 g/mol. The lowest BCUT2D eigenvalue weighted by Crippen LogP contribution is -2.30. The fourth-order valence-corrected chi connectivity index (χ4v) is 13.2. The predicted molar refractivity (Wildman–Crippen MR) is 386 cm³/mol. The number of unbranched alkanes of at least 4 members (excludes halogenated alkanes) is 45. The molecule has 0 heterocycles. The largest absolute Gasteiger partial charge is 0.472 e. The average molecular weight is 1400 g/mol. The van der Waals surface area contributed by atoms with Crippen LogP contribution in [0.2, 0.25) is 0 Å². The molecule has 0 aromatic carbocycles. The molecule has 0 aliphatic heterocycles. The number of ether oxygens (including phenoxy) is 4. The van der Waals surface area contributed by atoms with Crippen molar-refractivity contribution in [1.82, 2.24) is 0 Å². The minimum Gasteiger partial charge on any atom is -0.462 e. The van der Waals surface area contributed by atoms with Gasteiger partial charge in [-0.05, 0) is 37.5 Å². The number of aliphatic hydroxyl groups excluding tert-OH is 1. The van der Waals surface area contributed by atoms with Gasteiger partial charge in [0, 0.05) is 25.7 Å². The number of hydrogen-bond donors (Lipinski definition) is 3. The average Bonchev–Trinajstić information content (AvgIpc) is 1.99. The maximum absolute atomic E-state index is 13.1. The minimum atomic E-state index is -4.96. The van der Waals surface area contributed by atoms with Crippen molar-refractivity contribution in [1.29, 1.82) is 0 Å². The summed E-state index contributed by atoms with van der Waals surface area (Å²) < 4.78 is 68.4. The van der Waals surface area contributed by atoms with E-state index in [-0.39, 0.29) is 25.7 Å². The van der Waals surface area contributed by atoms with Crippen LogP contribution in [0.5, 0.6) is 0 Å². The Morgan fingerprint density at radius 3 is 0.716 bits per heavy atom. The SMILES string of the molecule is CCCCCCCCCCCCCCCCCCCCC(=O)OC[C@H](COP(=O)(O)OC[C@@H](O)COP(=O)(O)OC[C@@H](COC(=O)CCCCCCCCCCC)OC(=O)CCCCCCCCC(C)C)OC(=O)CCCCCCCCCCCCCCCCCCC(C)C. The summed E-state index contributed by atoms with van der Waals surface area (Å²) in [5, 5.41) is 10.6. The summed E-state index contributed by atoms with van der Waals surface area (Å²) in [7, 11) is -9.91. The standard InChI is InChI=1S/C76H148O17P2/c1-7-9-11-13-15-17-18-19-20-21-22-26-29-32-36-40-47-53-59-74(79)87-64-71(92-75(80)60-54-48-41-37-33-30-27-24-23-25-28-31-35-38-44-50-56-68(3)4)66-90-94(82,83)88-62-70(77)63-89-95(84,85)91-67-72(93-76(81)61-55-49-43-42-45-51-57-69(5)6)65-86-73(78)58-52-46-39-34-16-14-12-10-8-2/h68-72,77H,7-67H2,1-6H3,(H,82,83)(H,84,85)/t70-,71-,72-/m1/s1. The van der Waals surface area contributed by atoms with Crippen LogP contribution in [0.15, 0.2) is 0 Å². The van der Waals surface area contributed by atoms with Gasteiger partial charge in [0.15, 0.2) is 12.2 Å². The molecule has 2 unspecified atom stereocenters. The molecule has 0 radical (unpaired) electrons. The fraction of sp³-hybridized carbons (Fsp3) is 0.947. The predicted octanol–water partition coefficient (Wildman–Crippen LogP) is 22.3. The first-order valence-electron chi connectivity index (χ1n) is 39.5. The van der Waals surface area contributed by atoms with Crippen LogP contribution in [0.25, 0.3) is 0 Å². The zero-order chi connectivity index (χ0) is 70.0. The molecule has 564 valence electrons. The molecule has 0 aliphatic rings. The Morgan fingerprint density at radius 1 is 0.284 bits per heavy atom.